The summed E-state index contributed by atoms with van der Waals surface area (Å²) in [4.78, 5) is -0.327. The topological polar surface area (TPSA) is 67.2 Å². The summed E-state index contributed by atoms with van der Waals surface area (Å²) in [7, 11) is -3.59. The van der Waals surface area contributed by atoms with Crippen molar-refractivity contribution in [3.63, 3.8) is 0 Å². The summed E-state index contributed by atoms with van der Waals surface area (Å²) >= 11 is 0. The monoisotopic (exact) mass is 217 g/mol. The van der Waals surface area contributed by atoms with Crippen LogP contribution in [0.2, 0.25) is 0 Å². The minimum absolute atomic E-state index is 0.327. The lowest BCUT2D eigenvalue weighted by Crippen LogP contribution is -2.28. The molecule has 4 nitrogen and oxygen atoms in total. The van der Waals surface area contributed by atoms with Crippen LogP contribution in [0.3, 0.4) is 0 Å². The van der Waals surface area contributed by atoms with E-state index in [0.717, 1.165) is 6.26 Å². The highest BCUT2D eigenvalue weighted by molar-refractivity contribution is 7.96. The second-order valence-corrected chi connectivity index (χ2v) is 6.34. The molecule has 0 saturated carbocycles. The highest BCUT2D eigenvalue weighted by atomic mass is 32.2. The Morgan fingerprint density at radius 2 is 2.00 bits per heavy atom. The highest BCUT2D eigenvalue weighted by Gasteiger charge is 2.33. The van der Waals surface area contributed by atoms with Gasteiger partial charge >= 0.3 is 0 Å². The quantitative estimate of drug-likeness (QED) is 0.532. The fourth-order valence-corrected chi connectivity index (χ4v) is 1.61. The Morgan fingerprint density at radius 3 is 2.29 bits per heavy atom. The summed E-state index contributed by atoms with van der Waals surface area (Å²) < 4.78 is 27.3. The molecular weight excluding hydrogens is 202 g/mol. The molecule has 0 N–H and O–H groups in total. The molecular formula is C9H15NO3S. The second-order valence-electron chi connectivity index (χ2n) is 3.67. The van der Waals surface area contributed by atoms with E-state index < -0.39 is 14.6 Å². The maximum atomic E-state index is 11.7. The van der Waals surface area contributed by atoms with Crippen LogP contribution < -0.4 is 0 Å². The van der Waals surface area contributed by atoms with E-state index in [2.05, 4.69) is 0 Å². The molecule has 0 unspecified atom stereocenters. The lowest BCUT2D eigenvalue weighted by Gasteiger charge is -2.17. The molecule has 0 radical (unpaired) electrons. The molecule has 0 aromatic heterocycles. The molecule has 80 valence electrons. The molecule has 0 rings (SSSR count). The fraction of sp³-hybridized carbons (Fsp3) is 0.667. The smallest absolute Gasteiger partial charge is 0.196 e. The van der Waals surface area contributed by atoms with Crippen molar-refractivity contribution < 1.29 is 13.2 Å². The number of rotatable bonds is 3. The molecule has 0 saturated heterocycles. The average Bonchev–Trinajstić information content (AvgIpc) is 2.03. The number of hydrogen-bond acceptors (Lipinski definition) is 4. The van der Waals surface area contributed by atoms with Crippen LogP contribution in [0.1, 0.15) is 27.7 Å². The maximum absolute atomic E-state index is 11.7. The Morgan fingerprint density at radius 1 is 1.50 bits per heavy atom. The lowest BCUT2D eigenvalue weighted by atomic mass is 10.3. The SMILES string of the molecule is CCO/C=C(/C#N)S(=O)(=O)C(C)(C)C. The standard InChI is InChI=1S/C9H15NO3S/c1-5-13-7-8(6-10)14(11,12)9(2,3)4/h7H,5H2,1-4H3/b8-7-. The van der Waals surface area contributed by atoms with Gasteiger partial charge in [-0.05, 0) is 27.7 Å². The summed E-state index contributed by atoms with van der Waals surface area (Å²) in [5, 5.41) is 8.67. The van der Waals surface area contributed by atoms with Gasteiger partial charge in [-0.25, -0.2) is 8.42 Å². The van der Waals surface area contributed by atoms with Crippen LogP contribution in [-0.2, 0) is 14.6 Å². The minimum atomic E-state index is -3.59. The Balaban J connectivity index is 5.20. The summed E-state index contributed by atoms with van der Waals surface area (Å²) in [5.41, 5.74) is 0. The molecule has 0 fully saturated rings. The van der Waals surface area contributed by atoms with E-state index in [1.54, 1.807) is 33.8 Å². The van der Waals surface area contributed by atoms with Crippen LogP contribution in [0.4, 0.5) is 0 Å². The molecule has 14 heavy (non-hydrogen) atoms. The highest BCUT2D eigenvalue weighted by Crippen LogP contribution is 2.22. The molecule has 0 atom stereocenters. The minimum Gasteiger partial charge on any atom is -0.499 e. The van der Waals surface area contributed by atoms with E-state index in [9.17, 15) is 8.42 Å². The van der Waals surface area contributed by atoms with E-state index in [0.29, 0.717) is 6.61 Å². The van der Waals surface area contributed by atoms with Crippen molar-refractivity contribution in [1.29, 1.82) is 5.26 Å². The number of hydrogen-bond donors (Lipinski definition) is 0. The zero-order valence-corrected chi connectivity index (χ0v) is 9.68. The van der Waals surface area contributed by atoms with Crippen LogP contribution in [0.5, 0.6) is 0 Å². The molecule has 0 aromatic rings. The van der Waals surface area contributed by atoms with E-state index in [1.165, 1.54) is 0 Å². The largest absolute Gasteiger partial charge is 0.499 e. The summed E-state index contributed by atoms with van der Waals surface area (Å²) in [6.07, 6.45) is 1.00. The molecule has 0 bridgehead atoms. The van der Waals surface area contributed by atoms with E-state index in [4.69, 9.17) is 10.00 Å². The number of ether oxygens (including phenoxy) is 1. The van der Waals surface area contributed by atoms with E-state index in [1.807, 2.05) is 0 Å². The van der Waals surface area contributed by atoms with Crippen molar-refractivity contribution in [2.75, 3.05) is 6.61 Å². The number of nitriles is 1. The van der Waals surface area contributed by atoms with Crippen molar-refractivity contribution in [2.24, 2.45) is 0 Å². The van der Waals surface area contributed by atoms with Crippen LogP contribution in [-0.4, -0.2) is 19.8 Å². The van der Waals surface area contributed by atoms with Gasteiger partial charge in [-0.3, -0.25) is 0 Å². The van der Waals surface area contributed by atoms with Gasteiger partial charge in [0.1, 0.15) is 12.3 Å². The number of allylic oxidation sites excluding steroid dienone is 1. The summed E-state index contributed by atoms with van der Waals surface area (Å²) in [6.45, 7) is 6.68. The van der Waals surface area contributed by atoms with Crippen molar-refractivity contribution in [2.45, 2.75) is 32.4 Å². The maximum Gasteiger partial charge on any atom is 0.196 e. The second kappa shape index (κ2) is 4.47. The Kier molecular flexibility index (Phi) is 4.14. The first-order valence-corrected chi connectivity index (χ1v) is 5.72. The number of sulfone groups is 1. The van der Waals surface area contributed by atoms with Crippen molar-refractivity contribution in [3.8, 4) is 6.07 Å². The van der Waals surface area contributed by atoms with Gasteiger partial charge in [-0.1, -0.05) is 0 Å². The van der Waals surface area contributed by atoms with Gasteiger partial charge in [-0.15, -0.1) is 0 Å². The van der Waals surface area contributed by atoms with E-state index >= 15 is 0 Å². The lowest BCUT2D eigenvalue weighted by molar-refractivity contribution is 0.268. The van der Waals surface area contributed by atoms with Gasteiger partial charge in [0.2, 0.25) is 0 Å². The zero-order valence-electron chi connectivity index (χ0n) is 8.86. The van der Waals surface area contributed by atoms with Gasteiger partial charge in [0.15, 0.2) is 14.7 Å². The van der Waals surface area contributed by atoms with E-state index in [-0.39, 0.29) is 4.91 Å². The molecule has 0 spiro atoms. The molecule has 0 aliphatic carbocycles. The zero-order chi connectivity index (χ0) is 11.4. The average molecular weight is 217 g/mol. The van der Waals surface area contributed by atoms with Gasteiger partial charge < -0.3 is 4.74 Å². The Labute approximate surface area is 85.1 Å². The molecule has 0 aromatic carbocycles. The van der Waals surface area contributed by atoms with Crippen LogP contribution in [0.15, 0.2) is 11.2 Å². The molecule has 0 amide bonds. The third-order valence-corrected chi connectivity index (χ3v) is 3.94. The van der Waals surface area contributed by atoms with Crippen molar-refractivity contribution in [3.05, 3.63) is 11.2 Å². The van der Waals surface area contributed by atoms with Crippen molar-refractivity contribution >= 4 is 9.84 Å². The van der Waals surface area contributed by atoms with Gasteiger partial charge in [0, 0.05) is 0 Å². The van der Waals surface area contributed by atoms with Crippen molar-refractivity contribution in [1.82, 2.24) is 0 Å². The van der Waals surface area contributed by atoms with Crippen LogP contribution in [0, 0.1) is 11.3 Å². The predicted molar refractivity (Wildman–Crippen MR) is 54.0 cm³/mol. The Bertz CT molecular complexity index is 354. The first-order chi connectivity index (χ1) is 6.27. The van der Waals surface area contributed by atoms with Gasteiger partial charge in [-0.2, -0.15) is 5.26 Å². The van der Waals surface area contributed by atoms with Gasteiger partial charge in [0.05, 0.1) is 11.4 Å². The first-order valence-electron chi connectivity index (χ1n) is 4.24. The third kappa shape index (κ3) is 2.74. The van der Waals surface area contributed by atoms with Crippen LogP contribution in [0.25, 0.3) is 0 Å². The first kappa shape index (κ1) is 13.0. The summed E-state index contributed by atoms with van der Waals surface area (Å²) in [6, 6.07) is 1.63. The number of nitrogens with zero attached hydrogens (tertiary/aromatic N) is 1. The molecule has 5 heteroatoms. The van der Waals surface area contributed by atoms with Gasteiger partial charge in [0.25, 0.3) is 0 Å². The van der Waals surface area contributed by atoms with Crippen LogP contribution >= 0.6 is 0 Å². The molecule has 0 aliphatic rings. The third-order valence-electron chi connectivity index (χ3n) is 1.56. The fourth-order valence-electron chi connectivity index (χ4n) is 0.639. The molecule has 0 heterocycles. The normalized spacial score (nSPS) is 13.5. The predicted octanol–water partition coefficient (Wildman–Crippen LogP) is 1.60. The molecule has 0 aliphatic heterocycles. The summed E-state index contributed by atoms with van der Waals surface area (Å²) in [5.74, 6) is 0. The Hall–Kier alpha value is -1.02.